The topological polar surface area (TPSA) is 69.0 Å². The molecule has 25 heavy (non-hydrogen) atoms. The van der Waals surface area contributed by atoms with Gasteiger partial charge >= 0.3 is 0 Å². The van der Waals surface area contributed by atoms with Gasteiger partial charge in [0, 0.05) is 12.1 Å². The van der Waals surface area contributed by atoms with Gasteiger partial charge in [-0.05, 0) is 36.8 Å². The zero-order valence-corrected chi connectivity index (χ0v) is 13.9. The number of rotatable bonds is 5. The Bertz CT molecular complexity index is 908. The van der Waals surface area contributed by atoms with Crippen LogP contribution in [0, 0.1) is 12.7 Å². The summed E-state index contributed by atoms with van der Waals surface area (Å²) in [6.45, 7) is 1.97. The van der Waals surface area contributed by atoms with Crippen LogP contribution in [0.5, 0.6) is 5.75 Å². The molecule has 7 heteroatoms. The van der Waals surface area contributed by atoms with Crippen LogP contribution in [0.1, 0.15) is 21.6 Å². The highest BCUT2D eigenvalue weighted by Gasteiger charge is 2.13. The van der Waals surface area contributed by atoms with Crippen molar-refractivity contribution < 1.29 is 13.9 Å². The molecule has 3 rings (SSSR count). The molecule has 0 aliphatic rings. The quantitative estimate of drug-likeness (QED) is 0.775. The van der Waals surface area contributed by atoms with E-state index in [1.807, 2.05) is 24.3 Å². The lowest BCUT2D eigenvalue weighted by atomic mass is 10.2. The van der Waals surface area contributed by atoms with Gasteiger partial charge in [0.25, 0.3) is 5.91 Å². The molecule has 0 atom stereocenters. The highest BCUT2D eigenvalue weighted by Crippen LogP contribution is 2.17. The zero-order valence-electron chi connectivity index (χ0n) is 13.9. The Hall–Kier alpha value is -3.22. The number of ether oxygens (including phenoxy) is 1. The number of methoxy groups -OCH3 is 1. The lowest BCUT2D eigenvalue weighted by molar-refractivity contribution is 0.0945. The smallest absolute Gasteiger partial charge is 0.273 e. The molecule has 3 aromatic rings. The predicted molar refractivity (Wildman–Crippen MR) is 90.2 cm³/mol. The number of halogens is 1. The normalized spacial score (nSPS) is 10.5. The Labute approximate surface area is 144 Å². The number of amides is 1. The second kappa shape index (κ2) is 7.12. The Morgan fingerprint density at radius 1 is 1.28 bits per heavy atom. The van der Waals surface area contributed by atoms with Gasteiger partial charge in [-0.3, -0.25) is 4.79 Å². The van der Waals surface area contributed by atoms with Crippen molar-refractivity contribution in [2.45, 2.75) is 13.5 Å². The van der Waals surface area contributed by atoms with Gasteiger partial charge < -0.3 is 10.1 Å². The molecule has 128 valence electrons. The first kappa shape index (κ1) is 16.6. The van der Waals surface area contributed by atoms with Crippen molar-refractivity contribution >= 4 is 5.91 Å². The average molecular weight is 340 g/mol. The number of nitrogens with zero attached hydrogens (tertiary/aromatic N) is 3. The Morgan fingerprint density at radius 2 is 2.08 bits per heavy atom. The Balaban J connectivity index is 1.71. The van der Waals surface area contributed by atoms with Crippen LogP contribution in [0.15, 0.2) is 48.7 Å². The van der Waals surface area contributed by atoms with E-state index in [-0.39, 0.29) is 17.4 Å². The maximum atomic E-state index is 13.4. The third kappa shape index (κ3) is 3.65. The summed E-state index contributed by atoms with van der Waals surface area (Å²) >= 11 is 0. The molecular weight excluding hydrogens is 323 g/mol. The molecule has 6 nitrogen and oxygen atoms in total. The molecule has 1 N–H and O–H groups in total. The average Bonchev–Trinajstić information content (AvgIpc) is 3.12. The van der Waals surface area contributed by atoms with Crippen LogP contribution < -0.4 is 10.1 Å². The molecule has 1 aromatic heterocycles. The number of para-hydroxylation sites is 1. The van der Waals surface area contributed by atoms with Gasteiger partial charge in [0.2, 0.25) is 0 Å². The summed E-state index contributed by atoms with van der Waals surface area (Å²) in [7, 11) is 1.58. The first-order valence-electron chi connectivity index (χ1n) is 7.67. The number of hydrogen-bond acceptors (Lipinski definition) is 4. The molecule has 0 saturated carbocycles. The molecule has 0 aliphatic heterocycles. The monoisotopic (exact) mass is 340 g/mol. The highest BCUT2D eigenvalue weighted by atomic mass is 19.1. The molecule has 0 spiro atoms. The van der Waals surface area contributed by atoms with Gasteiger partial charge in [-0.15, -0.1) is 5.10 Å². The van der Waals surface area contributed by atoms with E-state index >= 15 is 0 Å². The van der Waals surface area contributed by atoms with E-state index < -0.39 is 0 Å². The highest BCUT2D eigenvalue weighted by molar-refractivity contribution is 5.91. The van der Waals surface area contributed by atoms with Crippen LogP contribution >= 0.6 is 0 Å². The van der Waals surface area contributed by atoms with Crippen LogP contribution in [-0.2, 0) is 6.54 Å². The fraction of sp³-hybridized carbons (Fsp3) is 0.167. The van der Waals surface area contributed by atoms with E-state index in [1.54, 1.807) is 26.2 Å². The summed E-state index contributed by atoms with van der Waals surface area (Å²) in [5.74, 6) is 0.0582. The summed E-state index contributed by atoms with van der Waals surface area (Å²) < 4.78 is 20.0. The number of aryl methyl sites for hydroxylation is 1. The SMILES string of the molecule is COc1ccccc1CNC(=O)c1cn(-c2ccc(F)c(C)c2)nn1. The van der Waals surface area contributed by atoms with Crippen molar-refractivity contribution in [3.05, 3.63) is 71.3 Å². The van der Waals surface area contributed by atoms with Gasteiger partial charge in [-0.1, -0.05) is 23.4 Å². The zero-order chi connectivity index (χ0) is 17.8. The van der Waals surface area contributed by atoms with Crippen molar-refractivity contribution in [2.24, 2.45) is 0 Å². The number of nitrogens with one attached hydrogen (secondary N) is 1. The van der Waals surface area contributed by atoms with Crippen molar-refractivity contribution in [3.8, 4) is 11.4 Å². The molecule has 0 unspecified atom stereocenters. The summed E-state index contributed by atoms with van der Waals surface area (Å²) in [4.78, 5) is 12.3. The Kier molecular flexibility index (Phi) is 4.74. The van der Waals surface area contributed by atoms with Crippen LogP contribution in [-0.4, -0.2) is 28.0 Å². The number of aromatic nitrogens is 3. The number of carbonyl (C=O) groups excluding carboxylic acids is 1. The summed E-state index contributed by atoms with van der Waals surface area (Å²) in [5.41, 5.74) is 2.17. The third-order valence-electron chi connectivity index (χ3n) is 3.76. The van der Waals surface area contributed by atoms with Crippen molar-refractivity contribution in [2.75, 3.05) is 7.11 Å². The fourth-order valence-electron chi connectivity index (χ4n) is 2.38. The van der Waals surface area contributed by atoms with Crippen LogP contribution in [0.2, 0.25) is 0 Å². The summed E-state index contributed by atoms with van der Waals surface area (Å²) in [6.07, 6.45) is 1.50. The van der Waals surface area contributed by atoms with Gasteiger partial charge in [-0.2, -0.15) is 0 Å². The first-order chi connectivity index (χ1) is 12.1. The van der Waals surface area contributed by atoms with Gasteiger partial charge in [0.1, 0.15) is 11.6 Å². The number of carbonyl (C=O) groups is 1. The lowest BCUT2D eigenvalue weighted by Gasteiger charge is -2.08. The lowest BCUT2D eigenvalue weighted by Crippen LogP contribution is -2.23. The van der Waals surface area contributed by atoms with Crippen LogP contribution in [0.4, 0.5) is 4.39 Å². The maximum Gasteiger partial charge on any atom is 0.273 e. The van der Waals surface area contributed by atoms with E-state index in [0.29, 0.717) is 23.5 Å². The predicted octanol–water partition coefficient (Wildman–Crippen LogP) is 2.65. The van der Waals surface area contributed by atoms with Gasteiger partial charge in [0.05, 0.1) is 19.0 Å². The molecule has 0 aliphatic carbocycles. The van der Waals surface area contributed by atoms with Gasteiger partial charge in [-0.25, -0.2) is 9.07 Å². The van der Waals surface area contributed by atoms with Crippen molar-refractivity contribution in [1.82, 2.24) is 20.3 Å². The molecular formula is C18H17FN4O2. The summed E-state index contributed by atoms with van der Waals surface area (Å²) in [6, 6.07) is 12.0. The largest absolute Gasteiger partial charge is 0.496 e. The molecule has 1 heterocycles. The molecule has 0 radical (unpaired) electrons. The second-order valence-electron chi connectivity index (χ2n) is 5.48. The standard InChI is InChI=1S/C18H17FN4O2/c1-12-9-14(7-8-15(12)19)23-11-16(21-22-23)18(24)20-10-13-5-3-4-6-17(13)25-2/h3-9,11H,10H2,1-2H3,(H,20,24). The molecule has 0 bridgehead atoms. The molecule has 0 saturated heterocycles. The van der Waals surface area contributed by atoms with Crippen LogP contribution in [0.3, 0.4) is 0 Å². The van der Waals surface area contributed by atoms with E-state index in [1.165, 1.54) is 16.9 Å². The van der Waals surface area contributed by atoms with E-state index in [2.05, 4.69) is 15.6 Å². The number of hydrogen-bond donors (Lipinski definition) is 1. The van der Waals surface area contributed by atoms with Gasteiger partial charge in [0.15, 0.2) is 5.69 Å². The van der Waals surface area contributed by atoms with Crippen molar-refractivity contribution in [1.29, 1.82) is 0 Å². The van der Waals surface area contributed by atoms with E-state index in [0.717, 1.165) is 5.56 Å². The molecule has 1 amide bonds. The maximum absolute atomic E-state index is 13.4. The fourth-order valence-corrected chi connectivity index (χ4v) is 2.38. The minimum atomic E-state index is -0.351. The van der Waals surface area contributed by atoms with Crippen LogP contribution in [0.25, 0.3) is 5.69 Å². The molecule has 0 fully saturated rings. The van der Waals surface area contributed by atoms with E-state index in [4.69, 9.17) is 4.74 Å². The van der Waals surface area contributed by atoms with E-state index in [9.17, 15) is 9.18 Å². The minimum absolute atomic E-state index is 0.178. The minimum Gasteiger partial charge on any atom is -0.496 e. The molecule has 2 aromatic carbocycles. The summed E-state index contributed by atoms with van der Waals surface area (Å²) in [5, 5.41) is 10.6. The second-order valence-corrected chi connectivity index (χ2v) is 5.48. The Morgan fingerprint density at radius 3 is 2.84 bits per heavy atom. The first-order valence-corrected chi connectivity index (χ1v) is 7.67. The third-order valence-corrected chi connectivity index (χ3v) is 3.76. The van der Waals surface area contributed by atoms with Crippen molar-refractivity contribution in [3.63, 3.8) is 0 Å². The number of benzene rings is 2.